The lowest BCUT2D eigenvalue weighted by Crippen LogP contribution is -2.24. The third-order valence-corrected chi connectivity index (χ3v) is 4.81. The number of aliphatic hydroxyl groups is 1. The molecule has 2 aromatic carbocycles. The van der Waals surface area contributed by atoms with E-state index >= 15 is 0 Å². The number of benzene rings is 2. The summed E-state index contributed by atoms with van der Waals surface area (Å²) < 4.78 is 10.2. The van der Waals surface area contributed by atoms with E-state index in [1.54, 1.807) is 0 Å². The summed E-state index contributed by atoms with van der Waals surface area (Å²) in [6.45, 7) is 1.49. The van der Waals surface area contributed by atoms with Crippen LogP contribution in [0, 0.1) is 20.2 Å². The van der Waals surface area contributed by atoms with E-state index < -0.39 is 33.2 Å². The van der Waals surface area contributed by atoms with Gasteiger partial charge in [-0.3, -0.25) is 25.0 Å². The molecule has 3 N–H and O–H groups in total. The minimum absolute atomic E-state index is 0.0180. The third-order valence-electron chi connectivity index (χ3n) is 4.21. The van der Waals surface area contributed by atoms with Gasteiger partial charge in [-0.2, -0.15) is 0 Å². The van der Waals surface area contributed by atoms with Crippen molar-refractivity contribution >= 4 is 56.0 Å². The molecule has 0 spiro atoms. The van der Waals surface area contributed by atoms with E-state index in [2.05, 4.69) is 36.8 Å². The molecule has 14 nitrogen and oxygen atoms in total. The van der Waals surface area contributed by atoms with Gasteiger partial charge < -0.3 is 25.2 Å². The van der Waals surface area contributed by atoms with E-state index in [1.165, 1.54) is 33.3 Å². The summed E-state index contributed by atoms with van der Waals surface area (Å²) in [5.74, 6) is -0.139. The summed E-state index contributed by atoms with van der Waals surface area (Å²) in [4.78, 5) is 32.6. The zero-order chi connectivity index (χ0) is 25.4. The molecule has 2 rings (SSSR count). The van der Waals surface area contributed by atoms with Crippen molar-refractivity contribution in [3.63, 3.8) is 0 Å². The summed E-state index contributed by atoms with van der Waals surface area (Å²) in [5.41, 5.74) is -0.681. The molecule has 0 fully saturated rings. The van der Waals surface area contributed by atoms with Crippen LogP contribution in [-0.2, 0) is 9.53 Å². The molecule has 1 unspecified atom stereocenters. The second-order valence-electron chi connectivity index (χ2n) is 6.75. The topological polar surface area (TPSA) is 191 Å². The first-order valence-electron chi connectivity index (χ1n) is 9.51. The molecule has 1 amide bonds. The highest BCUT2D eigenvalue weighted by molar-refractivity contribution is 9.10. The van der Waals surface area contributed by atoms with E-state index in [-0.39, 0.29) is 40.4 Å². The van der Waals surface area contributed by atoms with Crippen molar-refractivity contribution in [3.05, 3.63) is 49.0 Å². The molecule has 15 heteroatoms. The van der Waals surface area contributed by atoms with E-state index in [9.17, 15) is 30.1 Å². The van der Waals surface area contributed by atoms with Crippen LogP contribution in [0.2, 0.25) is 0 Å². The number of hydrogen-bond donors (Lipinski definition) is 3. The normalized spacial score (nSPS) is 11.8. The van der Waals surface area contributed by atoms with Gasteiger partial charge >= 0.3 is 5.69 Å². The molecule has 0 radical (unpaired) electrons. The number of methoxy groups -OCH3 is 2. The highest BCUT2D eigenvalue weighted by Gasteiger charge is 2.24. The lowest BCUT2D eigenvalue weighted by molar-refractivity contribution is -0.393. The Bertz CT molecular complexity index is 1130. The maximum atomic E-state index is 11.7. The standard InChI is InChI=1S/C19H21BrN6O8/c1-10(27)22-14-6-16(21-8-12(28)9-33-2)18(34-3)7-15(14)23-24-19-13(20)4-11(25(29)30)5-17(19)26(31)32/h4-7,12,21,28H,8-9H2,1-3H3,(H,22,27). The number of carbonyl (C=O) groups is 1. The maximum absolute atomic E-state index is 11.7. The molecule has 0 aliphatic carbocycles. The van der Waals surface area contributed by atoms with Gasteiger partial charge in [0.25, 0.3) is 5.69 Å². The van der Waals surface area contributed by atoms with Crippen molar-refractivity contribution in [1.82, 2.24) is 0 Å². The number of nitro benzene ring substituents is 2. The number of anilines is 2. The second-order valence-corrected chi connectivity index (χ2v) is 7.60. The van der Waals surface area contributed by atoms with Crippen molar-refractivity contribution in [2.75, 3.05) is 38.0 Å². The molecule has 34 heavy (non-hydrogen) atoms. The van der Waals surface area contributed by atoms with Crippen molar-refractivity contribution in [2.24, 2.45) is 10.2 Å². The molecule has 0 saturated carbocycles. The number of nitro groups is 2. The Hall–Kier alpha value is -3.69. The number of azo groups is 1. The highest BCUT2D eigenvalue weighted by atomic mass is 79.9. The van der Waals surface area contributed by atoms with E-state index in [0.717, 1.165) is 12.1 Å². The number of non-ortho nitro benzene ring substituents is 1. The number of halogens is 1. The molecule has 0 aromatic heterocycles. The highest BCUT2D eigenvalue weighted by Crippen LogP contribution is 2.42. The molecule has 1 atom stereocenters. The van der Waals surface area contributed by atoms with Gasteiger partial charge in [-0.05, 0) is 22.0 Å². The summed E-state index contributed by atoms with van der Waals surface area (Å²) in [6.07, 6.45) is -0.807. The quantitative estimate of drug-likeness (QED) is 0.214. The van der Waals surface area contributed by atoms with Gasteiger partial charge in [0.05, 0.1) is 51.6 Å². The smallest absolute Gasteiger partial charge is 0.304 e. The van der Waals surface area contributed by atoms with Gasteiger partial charge in [-0.1, -0.05) is 0 Å². The Kier molecular flexibility index (Phi) is 9.35. The Balaban J connectivity index is 2.53. The fourth-order valence-electron chi connectivity index (χ4n) is 2.75. The van der Waals surface area contributed by atoms with Crippen molar-refractivity contribution < 1.29 is 29.2 Å². The zero-order valence-corrected chi connectivity index (χ0v) is 19.9. The first-order chi connectivity index (χ1) is 16.1. The molecule has 0 aliphatic heterocycles. The minimum atomic E-state index is -0.820. The fourth-order valence-corrected chi connectivity index (χ4v) is 3.26. The molecular formula is C19H21BrN6O8. The monoisotopic (exact) mass is 540 g/mol. The van der Waals surface area contributed by atoms with Crippen LogP contribution in [0.3, 0.4) is 0 Å². The lowest BCUT2D eigenvalue weighted by Gasteiger charge is -2.17. The average Bonchev–Trinajstić information content (AvgIpc) is 2.76. The van der Waals surface area contributed by atoms with Gasteiger partial charge in [0, 0.05) is 32.7 Å². The van der Waals surface area contributed by atoms with Crippen LogP contribution in [0.4, 0.5) is 34.1 Å². The predicted octanol–water partition coefficient (Wildman–Crippen LogP) is 4.07. The number of ether oxygens (including phenoxy) is 2. The van der Waals surface area contributed by atoms with Crippen molar-refractivity contribution in [2.45, 2.75) is 13.0 Å². The number of aliphatic hydroxyl groups excluding tert-OH is 1. The van der Waals surface area contributed by atoms with E-state index in [0.29, 0.717) is 5.69 Å². The first-order valence-corrected chi connectivity index (χ1v) is 10.3. The van der Waals surface area contributed by atoms with Crippen molar-refractivity contribution in [3.8, 4) is 5.75 Å². The van der Waals surface area contributed by atoms with Crippen LogP contribution in [0.5, 0.6) is 5.75 Å². The van der Waals surface area contributed by atoms with Crippen molar-refractivity contribution in [1.29, 1.82) is 0 Å². The fraction of sp³-hybridized carbons (Fsp3) is 0.316. The summed E-state index contributed by atoms with van der Waals surface area (Å²) in [7, 11) is 2.84. The lowest BCUT2D eigenvalue weighted by atomic mass is 10.2. The molecule has 0 saturated heterocycles. The van der Waals surface area contributed by atoms with Gasteiger partial charge in [0.2, 0.25) is 5.91 Å². The molecule has 2 aromatic rings. The molecule has 0 bridgehead atoms. The summed E-state index contributed by atoms with van der Waals surface area (Å²) in [6, 6.07) is 4.75. The Labute approximate surface area is 201 Å². The zero-order valence-electron chi connectivity index (χ0n) is 18.3. The Morgan fingerprint density at radius 1 is 1.15 bits per heavy atom. The maximum Gasteiger partial charge on any atom is 0.304 e. The molecular weight excluding hydrogens is 520 g/mol. The van der Waals surface area contributed by atoms with Gasteiger partial charge in [0.1, 0.15) is 11.4 Å². The van der Waals surface area contributed by atoms with Crippen LogP contribution in [-0.4, -0.2) is 54.3 Å². The SMILES string of the molecule is COCC(O)CNc1cc(NC(C)=O)c(N=Nc2c(Br)cc([N+](=O)[O-])cc2[N+](=O)[O-])cc1OC. The van der Waals surface area contributed by atoms with Crippen LogP contribution >= 0.6 is 15.9 Å². The molecule has 0 heterocycles. The Morgan fingerprint density at radius 3 is 2.41 bits per heavy atom. The van der Waals surface area contributed by atoms with E-state index in [1.807, 2.05) is 0 Å². The third kappa shape index (κ3) is 6.90. The minimum Gasteiger partial charge on any atom is -0.495 e. The van der Waals surface area contributed by atoms with Crippen LogP contribution in [0.15, 0.2) is 39.0 Å². The number of hydrogen-bond acceptors (Lipinski definition) is 11. The van der Waals surface area contributed by atoms with Crippen LogP contribution < -0.4 is 15.4 Å². The number of rotatable bonds is 11. The second kappa shape index (κ2) is 12.0. The Morgan fingerprint density at radius 2 is 1.85 bits per heavy atom. The number of carbonyl (C=O) groups excluding carboxylic acids is 1. The molecule has 0 aliphatic rings. The first kappa shape index (κ1) is 26.6. The number of amides is 1. The van der Waals surface area contributed by atoms with Crippen LogP contribution in [0.25, 0.3) is 0 Å². The van der Waals surface area contributed by atoms with Crippen LogP contribution in [0.1, 0.15) is 6.92 Å². The average molecular weight is 541 g/mol. The summed E-state index contributed by atoms with van der Waals surface area (Å²) in [5, 5.41) is 45.8. The number of nitrogens with zero attached hydrogens (tertiary/aromatic N) is 4. The van der Waals surface area contributed by atoms with Gasteiger partial charge in [-0.25, -0.2) is 0 Å². The summed E-state index contributed by atoms with van der Waals surface area (Å²) >= 11 is 3.05. The number of nitrogens with one attached hydrogen (secondary N) is 2. The van der Waals surface area contributed by atoms with Gasteiger partial charge in [0.15, 0.2) is 5.69 Å². The van der Waals surface area contributed by atoms with Gasteiger partial charge in [-0.15, -0.1) is 10.2 Å². The molecule has 182 valence electrons. The largest absolute Gasteiger partial charge is 0.495 e. The van der Waals surface area contributed by atoms with E-state index in [4.69, 9.17) is 9.47 Å². The predicted molar refractivity (Wildman–Crippen MR) is 125 cm³/mol.